The number of benzene rings is 1. The normalized spacial score (nSPS) is 12.1. The van der Waals surface area contributed by atoms with Crippen molar-refractivity contribution >= 4 is 5.69 Å². The first-order chi connectivity index (χ1) is 8.79. The van der Waals surface area contributed by atoms with Crippen LogP contribution < -0.4 is 5.32 Å². The second-order valence-electron chi connectivity index (χ2n) is 4.15. The van der Waals surface area contributed by atoms with Crippen LogP contribution in [0.15, 0.2) is 48.7 Å². The first-order valence-corrected chi connectivity index (χ1v) is 6.09. The molecular formula is C15H18N2O. The van der Waals surface area contributed by atoms with Crippen LogP contribution in [0.25, 0.3) is 0 Å². The van der Waals surface area contributed by atoms with Gasteiger partial charge in [0, 0.05) is 18.9 Å². The van der Waals surface area contributed by atoms with Gasteiger partial charge in [-0.2, -0.15) is 0 Å². The third kappa shape index (κ3) is 3.31. The summed E-state index contributed by atoms with van der Waals surface area (Å²) in [6.07, 6.45) is 1.86. The highest BCUT2D eigenvalue weighted by Gasteiger charge is 2.05. The molecule has 0 spiro atoms. The standard InChI is InChI=1S/C15H18N2O/c1-12(13-6-4-3-5-7-13)18-11-15-10-14(16-2)8-9-17-15/h3-10,12H,11H2,1-2H3,(H,16,17). The molecule has 0 aliphatic carbocycles. The highest BCUT2D eigenvalue weighted by Crippen LogP contribution is 2.18. The Kier molecular flexibility index (Phi) is 4.31. The lowest BCUT2D eigenvalue weighted by Gasteiger charge is -2.13. The maximum atomic E-state index is 5.82. The maximum Gasteiger partial charge on any atom is 0.0896 e. The van der Waals surface area contributed by atoms with Gasteiger partial charge in [-0.1, -0.05) is 30.3 Å². The Labute approximate surface area is 108 Å². The molecule has 1 N–H and O–H groups in total. The van der Waals surface area contributed by atoms with E-state index in [1.807, 2.05) is 37.4 Å². The van der Waals surface area contributed by atoms with Gasteiger partial charge in [-0.3, -0.25) is 4.98 Å². The van der Waals surface area contributed by atoms with Crippen LogP contribution in [-0.2, 0) is 11.3 Å². The van der Waals surface area contributed by atoms with Crippen molar-refractivity contribution in [3.8, 4) is 0 Å². The summed E-state index contributed by atoms with van der Waals surface area (Å²) in [5.41, 5.74) is 3.17. The summed E-state index contributed by atoms with van der Waals surface area (Å²) in [5, 5.41) is 3.09. The number of hydrogen-bond acceptors (Lipinski definition) is 3. The smallest absolute Gasteiger partial charge is 0.0896 e. The van der Waals surface area contributed by atoms with Crippen molar-refractivity contribution in [1.29, 1.82) is 0 Å². The molecule has 0 aliphatic heterocycles. The lowest BCUT2D eigenvalue weighted by atomic mass is 10.1. The van der Waals surface area contributed by atoms with Gasteiger partial charge in [-0.25, -0.2) is 0 Å². The maximum absolute atomic E-state index is 5.82. The summed E-state index contributed by atoms with van der Waals surface area (Å²) in [7, 11) is 1.90. The number of pyridine rings is 1. The van der Waals surface area contributed by atoms with E-state index in [2.05, 4.69) is 29.4 Å². The minimum Gasteiger partial charge on any atom is -0.388 e. The highest BCUT2D eigenvalue weighted by molar-refractivity contribution is 5.42. The lowest BCUT2D eigenvalue weighted by molar-refractivity contribution is 0.0506. The molecule has 0 fully saturated rings. The molecule has 0 aliphatic rings. The van der Waals surface area contributed by atoms with Gasteiger partial charge in [-0.05, 0) is 24.6 Å². The molecule has 3 nitrogen and oxygen atoms in total. The van der Waals surface area contributed by atoms with Crippen LogP contribution in [0.4, 0.5) is 5.69 Å². The molecule has 1 atom stereocenters. The molecule has 18 heavy (non-hydrogen) atoms. The molecule has 1 aromatic carbocycles. The molecule has 94 valence electrons. The van der Waals surface area contributed by atoms with E-state index < -0.39 is 0 Å². The Bertz CT molecular complexity index is 485. The molecule has 0 saturated carbocycles. The van der Waals surface area contributed by atoms with Crippen molar-refractivity contribution in [1.82, 2.24) is 4.98 Å². The summed E-state index contributed by atoms with van der Waals surface area (Å²) >= 11 is 0. The summed E-state index contributed by atoms with van der Waals surface area (Å²) in [6.45, 7) is 2.57. The summed E-state index contributed by atoms with van der Waals surface area (Å²) in [4.78, 5) is 4.29. The fourth-order valence-electron chi connectivity index (χ4n) is 1.74. The van der Waals surface area contributed by atoms with Crippen molar-refractivity contribution in [2.45, 2.75) is 19.6 Å². The number of aromatic nitrogens is 1. The zero-order valence-corrected chi connectivity index (χ0v) is 10.8. The topological polar surface area (TPSA) is 34.2 Å². The molecule has 1 heterocycles. The number of nitrogens with zero attached hydrogens (tertiary/aromatic N) is 1. The highest BCUT2D eigenvalue weighted by atomic mass is 16.5. The monoisotopic (exact) mass is 242 g/mol. The van der Waals surface area contributed by atoms with E-state index in [1.165, 1.54) is 5.56 Å². The average Bonchev–Trinajstić information content (AvgIpc) is 2.46. The van der Waals surface area contributed by atoms with Crippen LogP contribution in [0.3, 0.4) is 0 Å². The SMILES string of the molecule is CNc1ccnc(COC(C)c2ccccc2)c1. The average molecular weight is 242 g/mol. The van der Waals surface area contributed by atoms with Crippen molar-refractivity contribution < 1.29 is 4.74 Å². The Hall–Kier alpha value is -1.87. The number of rotatable bonds is 5. The summed E-state index contributed by atoms with van der Waals surface area (Å²) in [5.74, 6) is 0. The van der Waals surface area contributed by atoms with Crippen LogP contribution in [0.5, 0.6) is 0 Å². The van der Waals surface area contributed by atoms with E-state index in [-0.39, 0.29) is 6.10 Å². The molecule has 0 bridgehead atoms. The van der Waals surface area contributed by atoms with E-state index in [1.54, 1.807) is 6.20 Å². The zero-order valence-electron chi connectivity index (χ0n) is 10.8. The zero-order chi connectivity index (χ0) is 12.8. The van der Waals surface area contributed by atoms with Crippen molar-refractivity contribution in [2.24, 2.45) is 0 Å². The Morgan fingerprint density at radius 2 is 2.00 bits per heavy atom. The number of nitrogens with one attached hydrogen (secondary N) is 1. The fraction of sp³-hybridized carbons (Fsp3) is 0.267. The summed E-state index contributed by atoms with van der Waals surface area (Å²) in [6, 6.07) is 14.1. The second-order valence-corrected chi connectivity index (χ2v) is 4.15. The predicted molar refractivity (Wildman–Crippen MR) is 73.4 cm³/mol. The van der Waals surface area contributed by atoms with Gasteiger partial charge in [0.15, 0.2) is 0 Å². The van der Waals surface area contributed by atoms with Crippen molar-refractivity contribution in [3.63, 3.8) is 0 Å². The third-order valence-corrected chi connectivity index (χ3v) is 2.86. The van der Waals surface area contributed by atoms with Crippen LogP contribution in [-0.4, -0.2) is 12.0 Å². The predicted octanol–water partition coefficient (Wildman–Crippen LogP) is 3.40. The van der Waals surface area contributed by atoms with Gasteiger partial charge < -0.3 is 10.1 Å². The van der Waals surface area contributed by atoms with E-state index in [9.17, 15) is 0 Å². The first kappa shape index (κ1) is 12.6. The number of ether oxygens (including phenoxy) is 1. The molecule has 2 aromatic rings. The van der Waals surface area contributed by atoms with Gasteiger partial charge in [0.2, 0.25) is 0 Å². The Morgan fingerprint density at radius 1 is 1.22 bits per heavy atom. The van der Waals surface area contributed by atoms with Crippen LogP contribution in [0.1, 0.15) is 24.3 Å². The van der Waals surface area contributed by atoms with Crippen molar-refractivity contribution in [2.75, 3.05) is 12.4 Å². The molecule has 3 heteroatoms. The van der Waals surface area contributed by atoms with Crippen LogP contribution >= 0.6 is 0 Å². The molecule has 2 rings (SSSR count). The molecule has 0 amide bonds. The largest absolute Gasteiger partial charge is 0.388 e. The second kappa shape index (κ2) is 6.17. The van der Waals surface area contributed by atoms with Crippen molar-refractivity contribution in [3.05, 3.63) is 59.9 Å². The minimum absolute atomic E-state index is 0.0752. The van der Waals surface area contributed by atoms with E-state index in [4.69, 9.17) is 4.74 Å². The quantitative estimate of drug-likeness (QED) is 0.872. The molecular weight excluding hydrogens is 224 g/mol. The van der Waals surface area contributed by atoms with Gasteiger partial charge in [-0.15, -0.1) is 0 Å². The molecule has 0 saturated heterocycles. The number of anilines is 1. The third-order valence-electron chi connectivity index (χ3n) is 2.86. The van der Waals surface area contributed by atoms with Gasteiger partial charge in [0.25, 0.3) is 0 Å². The van der Waals surface area contributed by atoms with Crippen LogP contribution in [0.2, 0.25) is 0 Å². The van der Waals surface area contributed by atoms with E-state index in [0.29, 0.717) is 6.61 Å². The Balaban J connectivity index is 1.95. The van der Waals surface area contributed by atoms with Gasteiger partial charge in [0.1, 0.15) is 0 Å². The van der Waals surface area contributed by atoms with Gasteiger partial charge >= 0.3 is 0 Å². The molecule has 0 radical (unpaired) electrons. The fourth-order valence-corrected chi connectivity index (χ4v) is 1.74. The first-order valence-electron chi connectivity index (χ1n) is 6.09. The van der Waals surface area contributed by atoms with E-state index in [0.717, 1.165) is 11.4 Å². The molecule has 1 unspecified atom stereocenters. The number of hydrogen-bond donors (Lipinski definition) is 1. The lowest BCUT2D eigenvalue weighted by Crippen LogP contribution is -2.02. The van der Waals surface area contributed by atoms with Gasteiger partial charge in [0.05, 0.1) is 18.4 Å². The molecule has 1 aromatic heterocycles. The Morgan fingerprint density at radius 3 is 2.72 bits per heavy atom. The summed E-state index contributed by atoms with van der Waals surface area (Å²) < 4.78 is 5.82. The minimum atomic E-state index is 0.0752. The van der Waals surface area contributed by atoms with E-state index >= 15 is 0 Å². The van der Waals surface area contributed by atoms with Crippen LogP contribution in [0, 0.1) is 0 Å².